The number of hydrogen-bond acceptors (Lipinski definition) is 4. The Morgan fingerprint density at radius 3 is 2.35 bits per heavy atom. The highest BCUT2D eigenvalue weighted by molar-refractivity contribution is 5.95. The van der Waals surface area contributed by atoms with Gasteiger partial charge in [0.15, 0.2) is 0 Å². The van der Waals surface area contributed by atoms with Crippen molar-refractivity contribution in [1.82, 2.24) is 15.8 Å². The van der Waals surface area contributed by atoms with Gasteiger partial charge in [0.25, 0.3) is 5.91 Å². The van der Waals surface area contributed by atoms with Crippen molar-refractivity contribution in [2.45, 2.75) is 32.6 Å². The highest BCUT2D eigenvalue weighted by atomic mass is 16.2. The second-order valence-corrected chi connectivity index (χ2v) is 4.94. The van der Waals surface area contributed by atoms with Gasteiger partial charge >= 0.3 is 0 Å². The van der Waals surface area contributed by atoms with Gasteiger partial charge in [-0.3, -0.25) is 20.4 Å². The molecule has 6 nitrogen and oxygen atoms in total. The normalized spacial score (nSPS) is 15.3. The molecule has 0 saturated carbocycles. The summed E-state index contributed by atoms with van der Waals surface area (Å²) >= 11 is 0. The fraction of sp³-hybridized carbons (Fsp3) is 0.500. The summed E-state index contributed by atoms with van der Waals surface area (Å²) in [5.41, 5.74) is 5.00. The van der Waals surface area contributed by atoms with Crippen LogP contribution in [0.4, 0.5) is 5.82 Å². The van der Waals surface area contributed by atoms with Gasteiger partial charge in [0.2, 0.25) is 5.91 Å². The Morgan fingerprint density at radius 2 is 1.80 bits per heavy atom. The van der Waals surface area contributed by atoms with E-state index in [1.54, 1.807) is 6.07 Å². The van der Waals surface area contributed by atoms with Crippen LogP contribution in [0.5, 0.6) is 0 Å². The Labute approximate surface area is 118 Å². The lowest BCUT2D eigenvalue weighted by Crippen LogP contribution is -2.40. The molecule has 0 radical (unpaired) electrons. The number of hydrogen-bond donors (Lipinski definition) is 2. The number of carbonyl (C=O) groups excluding carboxylic acids is 2. The summed E-state index contributed by atoms with van der Waals surface area (Å²) in [6.45, 7) is 3.37. The van der Waals surface area contributed by atoms with Crippen LogP contribution in [0, 0.1) is 0 Å². The molecule has 1 fully saturated rings. The minimum absolute atomic E-state index is 0.313. The minimum atomic E-state index is -0.366. The predicted molar refractivity (Wildman–Crippen MR) is 76.2 cm³/mol. The van der Waals surface area contributed by atoms with Crippen molar-refractivity contribution in [2.24, 2.45) is 0 Å². The molecule has 0 aliphatic carbocycles. The van der Waals surface area contributed by atoms with Gasteiger partial charge in [-0.15, -0.1) is 0 Å². The Balaban J connectivity index is 1.98. The Hall–Kier alpha value is -2.11. The first-order valence-electron chi connectivity index (χ1n) is 6.95. The Bertz CT molecular complexity index is 465. The summed E-state index contributed by atoms with van der Waals surface area (Å²) in [6.07, 6.45) is 6.46. The molecule has 2 heterocycles. The number of rotatable bonds is 2. The van der Waals surface area contributed by atoms with Crippen LogP contribution in [0.15, 0.2) is 18.3 Å². The smallest absolute Gasteiger partial charge is 0.271 e. The molecule has 0 bridgehead atoms. The van der Waals surface area contributed by atoms with Gasteiger partial charge in [0.05, 0.1) is 5.56 Å². The van der Waals surface area contributed by atoms with E-state index in [1.165, 1.54) is 38.8 Å². The van der Waals surface area contributed by atoms with E-state index in [0.717, 1.165) is 18.9 Å². The van der Waals surface area contributed by atoms with Crippen molar-refractivity contribution < 1.29 is 9.59 Å². The van der Waals surface area contributed by atoms with Crippen molar-refractivity contribution in [3.63, 3.8) is 0 Å². The van der Waals surface area contributed by atoms with Crippen LogP contribution in [-0.2, 0) is 4.79 Å². The zero-order valence-electron chi connectivity index (χ0n) is 11.7. The molecule has 0 spiro atoms. The number of carbonyl (C=O) groups is 2. The molecule has 108 valence electrons. The maximum Gasteiger partial charge on any atom is 0.271 e. The van der Waals surface area contributed by atoms with Gasteiger partial charge in [0.1, 0.15) is 5.82 Å². The van der Waals surface area contributed by atoms with E-state index in [4.69, 9.17) is 0 Å². The number of aromatic nitrogens is 1. The van der Waals surface area contributed by atoms with Crippen LogP contribution in [0.2, 0.25) is 0 Å². The van der Waals surface area contributed by atoms with Crippen molar-refractivity contribution in [3.8, 4) is 0 Å². The fourth-order valence-electron chi connectivity index (χ4n) is 2.22. The molecule has 2 amide bonds. The first-order valence-corrected chi connectivity index (χ1v) is 6.95. The van der Waals surface area contributed by atoms with Crippen molar-refractivity contribution in [1.29, 1.82) is 0 Å². The van der Waals surface area contributed by atoms with E-state index >= 15 is 0 Å². The van der Waals surface area contributed by atoms with E-state index in [-0.39, 0.29) is 11.8 Å². The summed E-state index contributed by atoms with van der Waals surface area (Å²) in [6, 6.07) is 3.58. The second-order valence-electron chi connectivity index (χ2n) is 4.94. The van der Waals surface area contributed by atoms with Crippen LogP contribution in [0.25, 0.3) is 0 Å². The molecule has 6 heteroatoms. The molecule has 1 aliphatic rings. The average molecular weight is 276 g/mol. The molecule has 2 rings (SSSR count). The highest BCUT2D eigenvalue weighted by Crippen LogP contribution is 2.17. The molecule has 20 heavy (non-hydrogen) atoms. The third kappa shape index (κ3) is 3.94. The number of anilines is 1. The van der Waals surface area contributed by atoms with Crippen molar-refractivity contribution >= 4 is 17.6 Å². The Kier molecular flexibility index (Phi) is 4.92. The number of nitrogens with one attached hydrogen (secondary N) is 2. The van der Waals surface area contributed by atoms with Gasteiger partial charge in [-0.25, -0.2) is 4.98 Å². The lowest BCUT2D eigenvalue weighted by Gasteiger charge is -2.21. The topological polar surface area (TPSA) is 74.3 Å². The molecule has 1 aliphatic heterocycles. The molecule has 0 unspecified atom stereocenters. The van der Waals surface area contributed by atoms with E-state index in [1.807, 2.05) is 6.07 Å². The summed E-state index contributed by atoms with van der Waals surface area (Å²) in [5, 5.41) is 0. The number of pyridine rings is 1. The van der Waals surface area contributed by atoms with E-state index < -0.39 is 0 Å². The van der Waals surface area contributed by atoms with Crippen molar-refractivity contribution in [3.05, 3.63) is 23.9 Å². The van der Waals surface area contributed by atoms with Crippen LogP contribution in [-0.4, -0.2) is 29.9 Å². The largest absolute Gasteiger partial charge is 0.357 e. The molecular formula is C14H20N4O2. The standard InChI is InChI=1S/C14H20N4O2/c1-11(19)16-17-14(20)12-6-7-13(15-10-12)18-8-4-2-3-5-9-18/h6-7,10H,2-5,8-9H2,1H3,(H,16,19)(H,17,20). The fourth-order valence-corrected chi connectivity index (χ4v) is 2.22. The lowest BCUT2D eigenvalue weighted by molar-refractivity contribution is -0.119. The van der Waals surface area contributed by atoms with Crippen LogP contribution in [0.3, 0.4) is 0 Å². The second kappa shape index (κ2) is 6.88. The first kappa shape index (κ1) is 14.3. The highest BCUT2D eigenvalue weighted by Gasteiger charge is 2.12. The van der Waals surface area contributed by atoms with Gasteiger partial charge < -0.3 is 4.90 Å². The van der Waals surface area contributed by atoms with Gasteiger partial charge in [-0.05, 0) is 25.0 Å². The number of hydrazine groups is 1. The maximum absolute atomic E-state index is 11.7. The third-order valence-electron chi connectivity index (χ3n) is 3.29. The van der Waals surface area contributed by atoms with Gasteiger partial charge in [-0.1, -0.05) is 12.8 Å². The van der Waals surface area contributed by atoms with Gasteiger partial charge in [-0.2, -0.15) is 0 Å². The third-order valence-corrected chi connectivity index (χ3v) is 3.29. The Morgan fingerprint density at radius 1 is 1.10 bits per heavy atom. The molecule has 2 N–H and O–H groups in total. The maximum atomic E-state index is 11.7. The molecule has 1 aromatic heterocycles. The quantitative estimate of drug-likeness (QED) is 0.797. The van der Waals surface area contributed by atoms with E-state index in [2.05, 4.69) is 20.7 Å². The number of nitrogens with zero attached hydrogens (tertiary/aromatic N) is 2. The van der Waals surface area contributed by atoms with Crippen LogP contribution < -0.4 is 15.8 Å². The average Bonchev–Trinajstić information content (AvgIpc) is 2.74. The van der Waals surface area contributed by atoms with Crippen LogP contribution >= 0.6 is 0 Å². The number of amides is 2. The molecular weight excluding hydrogens is 256 g/mol. The van der Waals surface area contributed by atoms with E-state index in [9.17, 15) is 9.59 Å². The van der Waals surface area contributed by atoms with E-state index in [0.29, 0.717) is 5.56 Å². The minimum Gasteiger partial charge on any atom is -0.357 e. The van der Waals surface area contributed by atoms with Gasteiger partial charge in [0, 0.05) is 26.2 Å². The SMILES string of the molecule is CC(=O)NNC(=O)c1ccc(N2CCCCCC2)nc1. The zero-order valence-corrected chi connectivity index (χ0v) is 11.7. The summed E-state index contributed by atoms with van der Waals surface area (Å²) in [7, 11) is 0. The first-order chi connectivity index (χ1) is 9.66. The van der Waals surface area contributed by atoms with Crippen LogP contribution in [0.1, 0.15) is 43.0 Å². The molecule has 0 atom stereocenters. The molecule has 1 aromatic rings. The lowest BCUT2D eigenvalue weighted by atomic mass is 10.2. The summed E-state index contributed by atoms with van der Waals surface area (Å²) in [5.74, 6) is 0.227. The predicted octanol–water partition coefficient (Wildman–Crippen LogP) is 1.24. The summed E-state index contributed by atoms with van der Waals surface area (Å²) < 4.78 is 0. The molecule has 1 saturated heterocycles. The van der Waals surface area contributed by atoms with Crippen molar-refractivity contribution in [2.75, 3.05) is 18.0 Å². The zero-order chi connectivity index (χ0) is 14.4. The molecule has 0 aromatic carbocycles. The summed E-state index contributed by atoms with van der Waals surface area (Å²) in [4.78, 5) is 29.0. The monoisotopic (exact) mass is 276 g/mol.